The Balaban J connectivity index is 2.04. The smallest absolute Gasteiger partial charge is 0.289 e. The number of rotatable bonds is 4. The SMILES string of the molecule is CN(Cc1ccco1)C(=O)c1ccc(CN)o1. The third-order valence-electron chi connectivity index (χ3n) is 2.39. The Labute approximate surface area is 98.8 Å². The number of nitrogens with zero attached hydrogens (tertiary/aromatic N) is 1. The molecule has 1 amide bonds. The zero-order valence-electron chi connectivity index (χ0n) is 9.55. The first kappa shape index (κ1) is 11.5. The summed E-state index contributed by atoms with van der Waals surface area (Å²) < 4.78 is 10.5. The summed E-state index contributed by atoms with van der Waals surface area (Å²) in [4.78, 5) is 13.5. The molecule has 0 radical (unpaired) electrons. The fourth-order valence-electron chi connectivity index (χ4n) is 1.50. The van der Waals surface area contributed by atoms with Crippen LogP contribution >= 0.6 is 0 Å². The molecular weight excluding hydrogens is 220 g/mol. The summed E-state index contributed by atoms with van der Waals surface area (Å²) in [5.74, 6) is 1.42. The summed E-state index contributed by atoms with van der Waals surface area (Å²) in [6.45, 7) is 0.694. The van der Waals surface area contributed by atoms with E-state index in [4.69, 9.17) is 14.6 Å². The van der Waals surface area contributed by atoms with Crippen molar-refractivity contribution in [3.05, 3.63) is 47.8 Å². The number of nitrogens with two attached hydrogens (primary N) is 1. The summed E-state index contributed by atoms with van der Waals surface area (Å²) in [5.41, 5.74) is 5.42. The van der Waals surface area contributed by atoms with Crippen LogP contribution in [0.25, 0.3) is 0 Å². The second-order valence-electron chi connectivity index (χ2n) is 3.71. The molecule has 0 unspecified atom stereocenters. The number of hydrogen-bond donors (Lipinski definition) is 1. The molecule has 0 aliphatic rings. The van der Waals surface area contributed by atoms with Gasteiger partial charge in [-0.2, -0.15) is 0 Å². The molecule has 5 heteroatoms. The molecule has 2 rings (SSSR count). The lowest BCUT2D eigenvalue weighted by molar-refractivity contribution is 0.0742. The second-order valence-corrected chi connectivity index (χ2v) is 3.71. The van der Waals surface area contributed by atoms with E-state index in [0.29, 0.717) is 18.1 Å². The van der Waals surface area contributed by atoms with Crippen LogP contribution in [0.15, 0.2) is 39.4 Å². The third-order valence-corrected chi connectivity index (χ3v) is 2.39. The molecular formula is C12H14N2O3. The Hall–Kier alpha value is -2.01. The standard InChI is InChI=1S/C12H14N2O3/c1-14(8-10-3-2-6-16-10)12(15)11-5-4-9(7-13)17-11/h2-6H,7-8,13H2,1H3. The van der Waals surface area contributed by atoms with Crippen molar-refractivity contribution < 1.29 is 13.6 Å². The van der Waals surface area contributed by atoms with E-state index < -0.39 is 0 Å². The molecule has 0 saturated carbocycles. The zero-order valence-corrected chi connectivity index (χ0v) is 9.55. The molecule has 0 fully saturated rings. The lowest BCUT2D eigenvalue weighted by Gasteiger charge is -2.13. The number of amides is 1. The molecule has 2 N–H and O–H groups in total. The molecule has 17 heavy (non-hydrogen) atoms. The van der Waals surface area contributed by atoms with Crippen LogP contribution in [0.3, 0.4) is 0 Å². The molecule has 90 valence electrons. The van der Waals surface area contributed by atoms with Gasteiger partial charge >= 0.3 is 0 Å². The van der Waals surface area contributed by atoms with Gasteiger partial charge in [-0.15, -0.1) is 0 Å². The van der Waals surface area contributed by atoms with Crippen molar-refractivity contribution in [3.8, 4) is 0 Å². The lowest BCUT2D eigenvalue weighted by atomic mass is 10.3. The van der Waals surface area contributed by atoms with Gasteiger partial charge in [0.05, 0.1) is 19.4 Å². The van der Waals surface area contributed by atoms with Crippen molar-refractivity contribution in [2.45, 2.75) is 13.1 Å². The van der Waals surface area contributed by atoms with Crippen molar-refractivity contribution in [2.75, 3.05) is 7.05 Å². The maximum absolute atomic E-state index is 11.9. The Morgan fingerprint density at radius 1 is 1.35 bits per heavy atom. The lowest BCUT2D eigenvalue weighted by Crippen LogP contribution is -2.25. The molecule has 2 aromatic rings. The van der Waals surface area contributed by atoms with E-state index in [-0.39, 0.29) is 12.5 Å². The molecule has 0 aliphatic carbocycles. The van der Waals surface area contributed by atoms with Gasteiger partial charge in [0, 0.05) is 7.05 Å². The maximum Gasteiger partial charge on any atom is 0.289 e. The molecule has 0 aromatic carbocycles. The van der Waals surface area contributed by atoms with Crippen molar-refractivity contribution in [1.29, 1.82) is 0 Å². The van der Waals surface area contributed by atoms with E-state index in [1.807, 2.05) is 6.07 Å². The van der Waals surface area contributed by atoms with Crippen LogP contribution in [0.5, 0.6) is 0 Å². The summed E-state index contributed by atoms with van der Waals surface area (Å²) in [6.07, 6.45) is 1.58. The Morgan fingerprint density at radius 2 is 2.18 bits per heavy atom. The minimum Gasteiger partial charge on any atom is -0.467 e. The van der Waals surface area contributed by atoms with Crippen LogP contribution in [0, 0.1) is 0 Å². The van der Waals surface area contributed by atoms with Crippen LogP contribution in [0.4, 0.5) is 0 Å². The molecule has 0 spiro atoms. The fraction of sp³-hybridized carbons (Fsp3) is 0.250. The first-order valence-electron chi connectivity index (χ1n) is 5.27. The van der Waals surface area contributed by atoms with Crippen molar-refractivity contribution in [3.63, 3.8) is 0 Å². The molecule has 0 saturated heterocycles. The predicted molar refractivity (Wildman–Crippen MR) is 61.1 cm³/mol. The third kappa shape index (κ3) is 2.57. The first-order chi connectivity index (χ1) is 8.20. The van der Waals surface area contributed by atoms with Crippen LogP contribution in [0.1, 0.15) is 22.1 Å². The number of hydrogen-bond acceptors (Lipinski definition) is 4. The highest BCUT2D eigenvalue weighted by Gasteiger charge is 2.16. The number of carbonyl (C=O) groups is 1. The Kier molecular flexibility index (Phi) is 3.30. The molecule has 2 aromatic heterocycles. The summed E-state index contributed by atoms with van der Waals surface area (Å²) in [7, 11) is 1.69. The van der Waals surface area contributed by atoms with Crippen molar-refractivity contribution in [1.82, 2.24) is 4.90 Å². The van der Waals surface area contributed by atoms with Gasteiger partial charge in [0.15, 0.2) is 5.76 Å². The topological polar surface area (TPSA) is 72.6 Å². The quantitative estimate of drug-likeness (QED) is 0.872. The van der Waals surface area contributed by atoms with E-state index in [2.05, 4.69) is 0 Å². The summed E-state index contributed by atoms with van der Waals surface area (Å²) in [6, 6.07) is 6.93. The largest absolute Gasteiger partial charge is 0.467 e. The van der Waals surface area contributed by atoms with Crippen molar-refractivity contribution >= 4 is 5.91 Å². The summed E-state index contributed by atoms with van der Waals surface area (Å²) >= 11 is 0. The highest BCUT2D eigenvalue weighted by atomic mass is 16.4. The second kappa shape index (κ2) is 4.88. The van der Waals surface area contributed by atoms with Crippen LogP contribution in [-0.2, 0) is 13.1 Å². The van der Waals surface area contributed by atoms with E-state index in [9.17, 15) is 4.79 Å². The van der Waals surface area contributed by atoms with Gasteiger partial charge in [-0.1, -0.05) is 0 Å². The zero-order chi connectivity index (χ0) is 12.3. The molecule has 0 atom stereocenters. The minimum atomic E-state index is -0.193. The normalized spacial score (nSPS) is 10.5. The van der Waals surface area contributed by atoms with Crippen LogP contribution < -0.4 is 5.73 Å². The average Bonchev–Trinajstić information content (AvgIpc) is 2.98. The molecule has 5 nitrogen and oxygen atoms in total. The van der Waals surface area contributed by atoms with E-state index >= 15 is 0 Å². The van der Waals surface area contributed by atoms with Gasteiger partial charge in [0.1, 0.15) is 11.5 Å². The summed E-state index contributed by atoms with van der Waals surface area (Å²) in [5, 5.41) is 0. The van der Waals surface area contributed by atoms with Gasteiger partial charge < -0.3 is 19.5 Å². The number of carbonyl (C=O) groups excluding carboxylic acids is 1. The van der Waals surface area contributed by atoms with E-state index in [0.717, 1.165) is 5.76 Å². The fourth-order valence-corrected chi connectivity index (χ4v) is 1.50. The first-order valence-corrected chi connectivity index (χ1v) is 5.27. The van der Waals surface area contributed by atoms with Gasteiger partial charge in [-0.25, -0.2) is 0 Å². The predicted octanol–water partition coefficient (Wildman–Crippen LogP) is 1.60. The molecule has 0 aliphatic heterocycles. The minimum absolute atomic E-state index is 0.193. The van der Waals surface area contributed by atoms with Crippen LogP contribution in [-0.4, -0.2) is 17.9 Å². The van der Waals surface area contributed by atoms with Gasteiger partial charge in [-0.05, 0) is 24.3 Å². The monoisotopic (exact) mass is 234 g/mol. The van der Waals surface area contributed by atoms with Gasteiger partial charge in [0.25, 0.3) is 5.91 Å². The van der Waals surface area contributed by atoms with Crippen molar-refractivity contribution in [2.24, 2.45) is 5.73 Å². The molecule has 0 bridgehead atoms. The highest BCUT2D eigenvalue weighted by molar-refractivity contribution is 5.91. The van der Waals surface area contributed by atoms with E-state index in [1.165, 1.54) is 4.90 Å². The molecule has 2 heterocycles. The van der Waals surface area contributed by atoms with E-state index in [1.54, 1.807) is 31.5 Å². The van der Waals surface area contributed by atoms with Gasteiger partial charge in [-0.3, -0.25) is 4.79 Å². The highest BCUT2D eigenvalue weighted by Crippen LogP contribution is 2.12. The van der Waals surface area contributed by atoms with Crippen LogP contribution in [0.2, 0.25) is 0 Å². The maximum atomic E-state index is 11.9. The van der Waals surface area contributed by atoms with Gasteiger partial charge in [0.2, 0.25) is 0 Å². The Bertz CT molecular complexity index is 488. The average molecular weight is 234 g/mol. The number of furan rings is 2. The Morgan fingerprint density at radius 3 is 2.76 bits per heavy atom.